The summed E-state index contributed by atoms with van der Waals surface area (Å²) in [6, 6.07) is 23.8. The monoisotopic (exact) mass is 559 g/mol. The van der Waals surface area contributed by atoms with Crippen molar-refractivity contribution >= 4 is 10.9 Å². The molecule has 0 spiro atoms. The number of aliphatic hydroxyl groups is 1. The molecule has 1 aliphatic heterocycles. The van der Waals surface area contributed by atoms with Crippen molar-refractivity contribution in [3.05, 3.63) is 113 Å². The molecule has 3 aromatic carbocycles. The van der Waals surface area contributed by atoms with Crippen molar-refractivity contribution in [1.29, 1.82) is 0 Å². The van der Waals surface area contributed by atoms with E-state index in [1.165, 1.54) is 6.07 Å². The van der Waals surface area contributed by atoms with Gasteiger partial charge in [-0.25, -0.2) is 4.98 Å². The summed E-state index contributed by atoms with van der Waals surface area (Å²) in [5.74, 6) is 0. The van der Waals surface area contributed by atoms with Crippen molar-refractivity contribution in [2.24, 2.45) is 0 Å². The Bertz CT molecular complexity index is 1400. The van der Waals surface area contributed by atoms with E-state index < -0.39 is 35.2 Å². The second kappa shape index (κ2) is 11.2. The predicted molar refractivity (Wildman–Crippen MR) is 139 cm³/mol. The Morgan fingerprint density at radius 3 is 1.82 bits per heavy atom. The lowest BCUT2D eigenvalue weighted by Gasteiger charge is -2.40. The Labute approximate surface area is 227 Å². The fourth-order valence-electron chi connectivity index (χ4n) is 5.36. The molecule has 0 saturated carbocycles. The second-order valence-corrected chi connectivity index (χ2v) is 9.87. The van der Waals surface area contributed by atoms with Crippen LogP contribution in [-0.2, 0) is 12.4 Å². The van der Waals surface area contributed by atoms with Gasteiger partial charge in [0.2, 0.25) is 0 Å². The lowest BCUT2D eigenvalue weighted by molar-refractivity contribution is -0.142. The van der Waals surface area contributed by atoms with Crippen LogP contribution < -0.4 is 0 Å². The van der Waals surface area contributed by atoms with Gasteiger partial charge in [0.1, 0.15) is 5.69 Å². The maximum Gasteiger partial charge on any atom is 0.433 e. The quantitative estimate of drug-likeness (QED) is 0.267. The molecular weight excluding hydrogens is 532 g/mol. The molecule has 1 saturated heterocycles. The Hall–Kier alpha value is -3.47. The van der Waals surface area contributed by atoms with Crippen LogP contribution in [0.3, 0.4) is 0 Å². The number of rotatable bonds is 6. The van der Waals surface area contributed by atoms with Crippen LogP contribution in [-0.4, -0.2) is 52.6 Å². The summed E-state index contributed by atoms with van der Waals surface area (Å²) in [6.45, 7) is 2.28. The standard InChI is InChI=1S/C30H27F6N3O/c31-29(32,33)24-13-7-12-22-23(18-26(30(34,35)36)37-27(22)24)25(40)19-38-14-16-39(17-15-38)28(20-8-3-1-4-9-20)21-10-5-2-6-11-21/h1-13,18,25,28,40H,14-17,19H2/t25-/m1/s1. The number of para-hydroxylation sites is 1. The van der Waals surface area contributed by atoms with Gasteiger partial charge in [0.05, 0.1) is 23.2 Å². The van der Waals surface area contributed by atoms with E-state index >= 15 is 0 Å². The van der Waals surface area contributed by atoms with E-state index in [4.69, 9.17) is 0 Å². The molecule has 1 fully saturated rings. The number of benzene rings is 3. The fourth-order valence-corrected chi connectivity index (χ4v) is 5.36. The van der Waals surface area contributed by atoms with E-state index in [2.05, 4.69) is 34.1 Å². The number of hydrogen-bond donors (Lipinski definition) is 1. The van der Waals surface area contributed by atoms with Crippen molar-refractivity contribution in [3.63, 3.8) is 0 Å². The van der Waals surface area contributed by atoms with Crippen molar-refractivity contribution < 1.29 is 31.4 Å². The first-order valence-electron chi connectivity index (χ1n) is 12.8. The lowest BCUT2D eigenvalue weighted by Crippen LogP contribution is -2.48. The van der Waals surface area contributed by atoms with Crippen LogP contribution in [0.4, 0.5) is 26.3 Å². The van der Waals surface area contributed by atoms with Gasteiger partial charge in [-0.1, -0.05) is 72.8 Å². The molecule has 1 atom stereocenters. The molecule has 0 aliphatic carbocycles. The highest BCUT2D eigenvalue weighted by Gasteiger charge is 2.38. The van der Waals surface area contributed by atoms with Crippen molar-refractivity contribution in [2.75, 3.05) is 32.7 Å². The van der Waals surface area contributed by atoms with Crippen LogP contribution in [0.15, 0.2) is 84.9 Å². The summed E-state index contributed by atoms with van der Waals surface area (Å²) in [4.78, 5) is 7.54. The van der Waals surface area contributed by atoms with Crippen molar-refractivity contribution in [1.82, 2.24) is 14.8 Å². The Morgan fingerprint density at radius 1 is 0.725 bits per heavy atom. The largest absolute Gasteiger partial charge is 0.433 e. The van der Waals surface area contributed by atoms with Gasteiger partial charge in [0, 0.05) is 38.1 Å². The SMILES string of the molecule is O[C@H](CN1CCN(C(c2ccccc2)c2ccccc2)CC1)c1cc(C(F)(F)F)nc2c(C(F)(F)F)cccc12. The van der Waals surface area contributed by atoms with Crippen LogP contribution in [0.2, 0.25) is 0 Å². The van der Waals surface area contributed by atoms with Gasteiger partial charge in [-0.15, -0.1) is 0 Å². The number of pyridine rings is 1. The lowest BCUT2D eigenvalue weighted by atomic mass is 9.96. The molecule has 0 bridgehead atoms. The zero-order chi connectivity index (χ0) is 28.5. The van der Waals surface area contributed by atoms with Crippen LogP contribution in [0.5, 0.6) is 0 Å². The summed E-state index contributed by atoms with van der Waals surface area (Å²) in [5, 5.41) is 10.9. The third-order valence-corrected chi connectivity index (χ3v) is 7.26. The van der Waals surface area contributed by atoms with Gasteiger partial charge in [-0.3, -0.25) is 9.80 Å². The zero-order valence-electron chi connectivity index (χ0n) is 21.3. The van der Waals surface area contributed by atoms with E-state index in [1.54, 1.807) is 0 Å². The first-order valence-corrected chi connectivity index (χ1v) is 12.8. The summed E-state index contributed by atoms with van der Waals surface area (Å²) in [7, 11) is 0. The molecule has 10 heteroatoms. The number of alkyl halides is 6. The third kappa shape index (κ3) is 5.99. The molecule has 1 aliphatic rings. The molecule has 4 aromatic rings. The molecule has 5 rings (SSSR count). The average Bonchev–Trinajstić information content (AvgIpc) is 2.93. The first-order chi connectivity index (χ1) is 19.0. The number of aromatic nitrogens is 1. The zero-order valence-corrected chi connectivity index (χ0v) is 21.3. The summed E-state index contributed by atoms with van der Waals surface area (Å²) in [6.07, 6.45) is -11.3. The minimum absolute atomic E-state index is 0.00810. The minimum atomic E-state index is -4.98. The molecule has 1 N–H and O–H groups in total. The van der Waals surface area contributed by atoms with Crippen LogP contribution in [0.25, 0.3) is 10.9 Å². The van der Waals surface area contributed by atoms with E-state index in [9.17, 15) is 31.4 Å². The summed E-state index contributed by atoms with van der Waals surface area (Å²) in [5.41, 5.74) is -1.53. The number of aliphatic hydroxyl groups excluding tert-OH is 1. The van der Waals surface area contributed by atoms with E-state index in [0.717, 1.165) is 17.2 Å². The van der Waals surface area contributed by atoms with Crippen molar-refractivity contribution in [2.45, 2.75) is 24.5 Å². The number of β-amino-alcohol motifs (C(OH)–C–C–N with tert-alkyl or cyclic N) is 1. The van der Waals surface area contributed by atoms with E-state index in [-0.39, 0.29) is 23.5 Å². The molecule has 2 heterocycles. The van der Waals surface area contributed by atoms with E-state index in [0.29, 0.717) is 38.3 Å². The number of halogens is 6. The number of piperazine rings is 1. The van der Waals surface area contributed by atoms with E-state index in [1.807, 2.05) is 41.3 Å². The van der Waals surface area contributed by atoms with Gasteiger partial charge < -0.3 is 5.11 Å². The topological polar surface area (TPSA) is 39.6 Å². The highest BCUT2D eigenvalue weighted by atomic mass is 19.4. The summed E-state index contributed by atoms with van der Waals surface area (Å²) < 4.78 is 81.6. The summed E-state index contributed by atoms with van der Waals surface area (Å²) >= 11 is 0. The van der Waals surface area contributed by atoms with Gasteiger partial charge in [-0.2, -0.15) is 26.3 Å². The highest BCUT2D eigenvalue weighted by Crippen LogP contribution is 2.39. The van der Waals surface area contributed by atoms with Gasteiger partial charge in [0.15, 0.2) is 0 Å². The molecule has 1 aromatic heterocycles. The molecular formula is C30H27F6N3O. The van der Waals surface area contributed by atoms with Crippen LogP contribution in [0, 0.1) is 0 Å². The number of fused-ring (bicyclic) bond motifs is 1. The Morgan fingerprint density at radius 2 is 1.30 bits per heavy atom. The van der Waals surface area contributed by atoms with Gasteiger partial charge in [-0.05, 0) is 28.8 Å². The Kier molecular flexibility index (Phi) is 7.85. The average molecular weight is 560 g/mol. The molecule has 0 unspecified atom stereocenters. The van der Waals surface area contributed by atoms with Gasteiger partial charge >= 0.3 is 12.4 Å². The number of hydrogen-bond acceptors (Lipinski definition) is 4. The smallest absolute Gasteiger partial charge is 0.387 e. The molecule has 210 valence electrons. The highest BCUT2D eigenvalue weighted by molar-refractivity contribution is 5.86. The maximum atomic E-state index is 13.6. The predicted octanol–water partition coefficient (Wildman–Crippen LogP) is 6.71. The maximum absolute atomic E-state index is 13.6. The minimum Gasteiger partial charge on any atom is -0.387 e. The fraction of sp³-hybridized carbons (Fsp3) is 0.300. The molecule has 0 radical (unpaired) electrons. The van der Waals surface area contributed by atoms with Crippen molar-refractivity contribution in [3.8, 4) is 0 Å². The molecule has 4 nitrogen and oxygen atoms in total. The molecule has 40 heavy (non-hydrogen) atoms. The second-order valence-electron chi connectivity index (χ2n) is 9.87. The van der Waals surface area contributed by atoms with Crippen LogP contribution in [0.1, 0.15) is 40.1 Å². The number of nitrogens with zero attached hydrogens (tertiary/aromatic N) is 3. The normalized spacial score (nSPS) is 16.5. The first kappa shape index (κ1) is 28.1. The van der Waals surface area contributed by atoms with Crippen LogP contribution >= 0.6 is 0 Å². The Balaban J connectivity index is 1.38. The van der Waals surface area contributed by atoms with Gasteiger partial charge in [0.25, 0.3) is 0 Å². The third-order valence-electron chi connectivity index (χ3n) is 7.26. The molecule has 0 amide bonds.